The van der Waals surface area contributed by atoms with Crippen LogP contribution >= 0.6 is 0 Å². The zero-order valence-electron chi connectivity index (χ0n) is 77.4. The van der Waals surface area contributed by atoms with E-state index < -0.39 is 11.9 Å². The molecule has 682 valence electrons. The Morgan fingerprint density at radius 3 is 1.28 bits per heavy atom. The van der Waals surface area contributed by atoms with Crippen LogP contribution in [-0.2, 0) is 105 Å². The minimum Gasteiger partial charge on any atom is -0.494 e. The fraction of sp³-hybridized carbons (Fsp3) is 0.765. The van der Waals surface area contributed by atoms with E-state index in [-0.39, 0.29) is 114 Å². The van der Waals surface area contributed by atoms with E-state index in [0.717, 1.165) is 68.6 Å². The van der Waals surface area contributed by atoms with Crippen molar-refractivity contribution in [1.82, 2.24) is 0 Å². The van der Waals surface area contributed by atoms with Crippen LogP contribution in [0.5, 0.6) is 5.75 Å². The van der Waals surface area contributed by atoms with Gasteiger partial charge in [0.05, 0.1) is 45.4 Å². The maximum Gasteiger partial charge on any atom is 0.344 e. The molecule has 0 N–H and O–H groups in total. The van der Waals surface area contributed by atoms with Crippen molar-refractivity contribution in [3.63, 3.8) is 0 Å². The van der Waals surface area contributed by atoms with Gasteiger partial charge in [0.1, 0.15) is 42.4 Å². The summed E-state index contributed by atoms with van der Waals surface area (Å²) in [6.07, 6.45) is 29.9. The molecule has 14 aliphatic carbocycles. The van der Waals surface area contributed by atoms with Gasteiger partial charge in [-0.25, -0.2) is 4.79 Å². The normalized spacial score (nSPS) is 34.3. The fourth-order valence-corrected chi connectivity index (χ4v) is 23.3. The Labute approximate surface area is 723 Å². The summed E-state index contributed by atoms with van der Waals surface area (Å²) in [7, 11) is 2.70. The fourth-order valence-electron chi connectivity index (χ4n) is 23.3. The number of carbonyl (C=O) groups excluding carboxylic acids is 11. The summed E-state index contributed by atoms with van der Waals surface area (Å²) < 4.78 is 58.2. The van der Waals surface area contributed by atoms with E-state index in [4.69, 9.17) is 33.2 Å². The molecule has 23 atom stereocenters. The molecule has 0 aromatic heterocycles. The number of carbonyl (C=O) groups is 11. The molecule has 2 heterocycles. The van der Waals surface area contributed by atoms with Gasteiger partial charge in [-0.3, -0.25) is 47.9 Å². The number of fused-ring (bicyclic) bond motifs is 18. The third kappa shape index (κ3) is 29.8. The second kappa shape index (κ2) is 49.8. The third-order valence-corrected chi connectivity index (χ3v) is 28.4. The lowest BCUT2D eigenvalue weighted by Gasteiger charge is -2.34. The average Bonchev–Trinajstić information content (AvgIpc) is 1.54. The summed E-state index contributed by atoms with van der Waals surface area (Å²) in [6, 6.07) is 16.5. The van der Waals surface area contributed by atoms with Gasteiger partial charge in [-0.15, -0.1) is 0 Å². The highest BCUT2D eigenvalue weighted by atomic mass is 16.6. The average molecular weight is 1700 g/mol. The Bertz CT molecular complexity index is 3510. The molecular formula is C98H152O23. The molecule has 2 aromatic rings. The van der Waals surface area contributed by atoms with Gasteiger partial charge in [0, 0.05) is 79.1 Å². The maximum atomic E-state index is 11.7. The molecule has 121 heavy (non-hydrogen) atoms. The first-order chi connectivity index (χ1) is 57.4. The van der Waals surface area contributed by atoms with E-state index in [9.17, 15) is 52.7 Å². The van der Waals surface area contributed by atoms with E-state index in [1.165, 1.54) is 171 Å². The molecule has 23 heteroatoms. The minimum absolute atomic E-state index is 0.0619. The van der Waals surface area contributed by atoms with E-state index in [0.29, 0.717) is 42.8 Å². The van der Waals surface area contributed by atoms with Gasteiger partial charge in [-0.2, -0.15) is 0 Å². The van der Waals surface area contributed by atoms with E-state index in [2.05, 4.69) is 89.5 Å². The lowest BCUT2D eigenvalue weighted by atomic mass is 9.71. The number of benzene rings is 2. The highest BCUT2D eigenvalue weighted by molar-refractivity contribution is 5.81. The van der Waals surface area contributed by atoms with Crippen molar-refractivity contribution < 1.29 is 110 Å². The van der Waals surface area contributed by atoms with Gasteiger partial charge in [0.15, 0.2) is 6.61 Å². The number of rotatable bonds is 10. The summed E-state index contributed by atoms with van der Waals surface area (Å²) in [5.41, 5.74) is 3.63. The van der Waals surface area contributed by atoms with Crippen molar-refractivity contribution >= 4 is 65.7 Å². The highest BCUT2D eigenvalue weighted by Gasteiger charge is 2.70. The van der Waals surface area contributed by atoms with E-state index in [1.807, 2.05) is 52.0 Å². The van der Waals surface area contributed by atoms with Crippen molar-refractivity contribution in [2.75, 3.05) is 40.6 Å². The summed E-state index contributed by atoms with van der Waals surface area (Å²) in [6.45, 7) is 36.7. The predicted molar refractivity (Wildman–Crippen MR) is 459 cm³/mol. The number of hydrogen-bond acceptors (Lipinski definition) is 23. The summed E-state index contributed by atoms with van der Waals surface area (Å²) in [5.74, 6) is 15.1. The van der Waals surface area contributed by atoms with Crippen molar-refractivity contribution in [2.45, 2.75) is 316 Å². The van der Waals surface area contributed by atoms with Gasteiger partial charge in [0.2, 0.25) is 0 Å². The second-order valence-corrected chi connectivity index (χ2v) is 36.7. The summed E-state index contributed by atoms with van der Waals surface area (Å²) in [5, 5.41) is 0. The summed E-state index contributed by atoms with van der Waals surface area (Å²) >= 11 is 0. The molecule has 0 spiro atoms. The molecule has 23 unspecified atom stereocenters. The maximum absolute atomic E-state index is 11.7. The lowest BCUT2D eigenvalue weighted by Crippen LogP contribution is -2.39. The molecule has 23 nitrogen and oxygen atoms in total. The first-order valence-electron chi connectivity index (χ1n) is 45.8. The van der Waals surface area contributed by atoms with Crippen LogP contribution in [0.15, 0.2) is 48.5 Å². The van der Waals surface area contributed by atoms with Crippen LogP contribution < -0.4 is 4.74 Å². The predicted octanol–water partition coefficient (Wildman–Crippen LogP) is 18.4. The van der Waals surface area contributed by atoms with Gasteiger partial charge in [-0.05, 0) is 284 Å². The monoisotopic (exact) mass is 1700 g/mol. The van der Waals surface area contributed by atoms with Gasteiger partial charge in [0.25, 0.3) is 0 Å². The number of hydrogen-bond donors (Lipinski definition) is 0. The van der Waals surface area contributed by atoms with Crippen LogP contribution in [0.3, 0.4) is 0 Å². The molecule has 16 aliphatic rings. The van der Waals surface area contributed by atoms with Crippen LogP contribution in [0.25, 0.3) is 0 Å². The van der Waals surface area contributed by atoms with Crippen molar-refractivity contribution in [3.8, 4) is 5.75 Å². The molecule has 18 rings (SSSR count). The number of ether oxygens (including phenoxy) is 12. The smallest absolute Gasteiger partial charge is 0.344 e. The quantitative estimate of drug-likeness (QED) is 0.121. The Morgan fingerprint density at radius 1 is 0.421 bits per heavy atom. The van der Waals surface area contributed by atoms with Crippen molar-refractivity contribution in [2.24, 2.45) is 124 Å². The molecule has 0 amide bonds. The minimum atomic E-state index is -0.516. The van der Waals surface area contributed by atoms with Crippen molar-refractivity contribution in [1.29, 1.82) is 0 Å². The van der Waals surface area contributed by atoms with Crippen LogP contribution in [0.2, 0.25) is 0 Å². The van der Waals surface area contributed by atoms with E-state index >= 15 is 0 Å². The molecule has 0 radical (unpaired) electrons. The first kappa shape index (κ1) is 102. The van der Waals surface area contributed by atoms with Crippen LogP contribution in [0, 0.1) is 145 Å². The summed E-state index contributed by atoms with van der Waals surface area (Å²) in [4.78, 5) is 116. The second-order valence-electron chi connectivity index (χ2n) is 36.7. The molecule has 14 saturated carbocycles. The standard InChI is InChI=1S/C12H18.2C11H14O4.C10H16O2.C10H16.C9H16O2.C9H12O.C8H10.C6H10O4.C4H8O2.2C3H6O2.C2H6/c1-2-8-5-7(1)11-9-3-4-10(6-9)12(8)11;1-5(12)14-8-6-3-7-9(8)15-10(13)11(7,2)4-6;1-4-6-3-7-8(4)11(13)15-10(7)9(6)14-5(2)12;1-6-3-9-4-8(6)5-10(9)12-7(2)11;1-2-9-7-4-5-8(6-7)10(9)3-1;1-7-3-5-9(6-4-7)11-8(2)10;1-3-10-9-6-4-8(2)5-7-9;1-7-3-5-8(2)6-4-7;1-3-9-6(8)4-10-5(2)7;1-3-6-4(2)5;2*1-3(4)5-2;1-2/h7-12H,1-6H2;6-9H,3-4H2,1-2H3;4,6-10H,3H2,1-2H3;6,8-10H,3-5H2,1-2H3;7-10H,1-6H2;7,9H,3-6H2,1-2H3;4-7H,3H2,1-2H3;3-6H,1-2H3;3-4H2,1-2H3;3H2,1-2H3;2*1-2H3;1-2H3. The Balaban J connectivity index is 0.000000207. The topological polar surface area (TPSA) is 299 Å². The molecular weight excluding hydrogens is 1550 g/mol. The number of methoxy groups -OCH3 is 2. The third-order valence-electron chi connectivity index (χ3n) is 28.4. The number of aryl methyl sites for hydroxylation is 3. The van der Waals surface area contributed by atoms with Crippen LogP contribution in [0.1, 0.15) is 276 Å². The Hall–Kier alpha value is -7.59. The van der Waals surface area contributed by atoms with E-state index in [1.54, 1.807) is 90.9 Å². The van der Waals surface area contributed by atoms with Crippen LogP contribution in [0.4, 0.5) is 0 Å². The molecule has 2 aliphatic heterocycles. The van der Waals surface area contributed by atoms with Gasteiger partial charge >= 0.3 is 65.7 Å². The lowest BCUT2D eigenvalue weighted by molar-refractivity contribution is -0.160. The SMILES string of the molecule is C1CC2C3CCC(C3)C2C1.C1CC2CC1C1C3CCC(C3)C21.CC.CC(=O)OC1C2CC3C1OC(=O)C3(C)C2.CC(=O)OC1C2CC3C1OC(=O)C3C2C.CC(=O)OC1CC2CC1CC2C.CC(=O)OC1CCC(C)CC1.CCOC(=O)COC(C)=O.CCOC(C)=O.CCOc1ccc(C)cc1.COC(C)=O.COC(C)=O.Cc1ccc(C)cc1. The van der Waals surface area contributed by atoms with Crippen LogP contribution in [-0.4, -0.2) is 143 Å². The molecule has 2 saturated heterocycles. The largest absolute Gasteiger partial charge is 0.494 e. The Morgan fingerprint density at radius 2 is 0.868 bits per heavy atom. The Kier molecular flexibility index (Phi) is 42.1. The molecule has 2 aromatic carbocycles. The zero-order chi connectivity index (χ0) is 89.7. The number of esters is 11. The van der Waals surface area contributed by atoms with Gasteiger partial charge < -0.3 is 56.8 Å². The highest BCUT2D eigenvalue weighted by Crippen LogP contribution is 2.68. The van der Waals surface area contributed by atoms with Crippen molar-refractivity contribution in [3.05, 3.63) is 65.2 Å². The first-order valence-corrected chi connectivity index (χ1v) is 45.8. The van der Waals surface area contributed by atoms with Gasteiger partial charge in [-0.1, -0.05) is 94.1 Å². The molecule has 12 bridgehead atoms. The molecule has 16 fully saturated rings. The zero-order valence-corrected chi connectivity index (χ0v) is 77.4.